The van der Waals surface area contributed by atoms with Gasteiger partial charge in [-0.15, -0.1) is 16.4 Å². The van der Waals surface area contributed by atoms with Crippen LogP contribution in [0.15, 0.2) is 30.4 Å². The minimum absolute atomic E-state index is 0.185. The first-order valence-corrected chi connectivity index (χ1v) is 9.68. The van der Waals surface area contributed by atoms with Gasteiger partial charge in [-0.2, -0.15) is 4.98 Å². The highest BCUT2D eigenvalue weighted by molar-refractivity contribution is 9.10. The number of nitrogens with zero attached hydrogens (tertiary/aromatic N) is 4. The number of aromatic nitrogens is 5. The molecule has 7 nitrogen and oxygen atoms in total. The van der Waals surface area contributed by atoms with Gasteiger partial charge in [-0.25, -0.2) is 9.89 Å². The molecule has 0 radical (unpaired) electrons. The van der Waals surface area contributed by atoms with Gasteiger partial charge in [0.15, 0.2) is 5.16 Å². The fourth-order valence-electron chi connectivity index (χ4n) is 1.90. The summed E-state index contributed by atoms with van der Waals surface area (Å²) in [5.74, 6) is 1.55. The van der Waals surface area contributed by atoms with E-state index < -0.39 is 0 Å². The zero-order valence-corrected chi connectivity index (χ0v) is 15.5. The molecule has 0 aliphatic carbocycles. The van der Waals surface area contributed by atoms with E-state index in [1.165, 1.54) is 11.8 Å². The fourth-order valence-corrected chi connectivity index (χ4v) is 4.06. The highest BCUT2D eigenvalue weighted by Gasteiger charge is 2.14. The molecule has 0 saturated heterocycles. The Hall–Kier alpha value is -1.39. The molecule has 3 heterocycles. The summed E-state index contributed by atoms with van der Waals surface area (Å²) < 4.78 is 7.90. The molecule has 3 aromatic heterocycles. The van der Waals surface area contributed by atoms with Crippen molar-refractivity contribution in [2.45, 2.75) is 37.2 Å². The number of nitrogens with one attached hydrogen (secondary N) is 1. The number of thiophene rings is 1. The van der Waals surface area contributed by atoms with E-state index in [4.69, 9.17) is 4.52 Å². The highest BCUT2D eigenvalue weighted by Crippen LogP contribution is 2.28. The molecule has 122 valence electrons. The maximum atomic E-state index is 11.7. The van der Waals surface area contributed by atoms with Gasteiger partial charge in [0.2, 0.25) is 11.7 Å². The van der Waals surface area contributed by atoms with E-state index in [2.05, 4.69) is 43.2 Å². The van der Waals surface area contributed by atoms with E-state index >= 15 is 0 Å². The Morgan fingerprint density at radius 1 is 1.52 bits per heavy atom. The molecular weight excluding hydrogens is 402 g/mol. The molecule has 0 saturated carbocycles. The van der Waals surface area contributed by atoms with Crippen LogP contribution in [0.1, 0.15) is 25.7 Å². The van der Waals surface area contributed by atoms with Crippen LogP contribution < -0.4 is 5.69 Å². The Balaban J connectivity index is 1.67. The lowest BCUT2D eigenvalue weighted by Crippen LogP contribution is -2.17. The van der Waals surface area contributed by atoms with E-state index in [0.717, 1.165) is 22.2 Å². The molecule has 0 aromatic carbocycles. The molecule has 3 rings (SSSR count). The molecule has 0 bridgehead atoms. The quantitative estimate of drug-likeness (QED) is 0.593. The average molecular weight is 416 g/mol. The summed E-state index contributed by atoms with van der Waals surface area (Å²) in [6, 6.07) is 1.95. The van der Waals surface area contributed by atoms with Crippen LogP contribution in [0.25, 0.3) is 10.7 Å². The van der Waals surface area contributed by atoms with Crippen LogP contribution in [0.3, 0.4) is 0 Å². The Morgan fingerprint density at radius 3 is 3.13 bits per heavy atom. The summed E-state index contributed by atoms with van der Waals surface area (Å²) in [5.41, 5.74) is -0.185. The molecule has 0 atom stereocenters. The van der Waals surface area contributed by atoms with Crippen molar-refractivity contribution >= 4 is 39.0 Å². The second kappa shape index (κ2) is 7.45. The number of thioether (sulfide) groups is 1. The summed E-state index contributed by atoms with van der Waals surface area (Å²) in [6.07, 6.45) is 1.95. The normalized spacial score (nSPS) is 11.2. The monoisotopic (exact) mass is 415 g/mol. The summed E-state index contributed by atoms with van der Waals surface area (Å²) in [6.45, 7) is 2.74. The summed E-state index contributed by atoms with van der Waals surface area (Å²) in [5, 5.41) is 13.1. The summed E-state index contributed by atoms with van der Waals surface area (Å²) in [7, 11) is 0. The van der Waals surface area contributed by atoms with Gasteiger partial charge in [0, 0.05) is 16.4 Å². The molecule has 23 heavy (non-hydrogen) atoms. The third-order valence-corrected chi connectivity index (χ3v) is 5.69. The van der Waals surface area contributed by atoms with E-state index in [1.807, 2.05) is 11.4 Å². The number of halogens is 1. The second-order valence-corrected chi connectivity index (χ2v) is 7.52. The Bertz CT molecular complexity index is 837. The zero-order valence-electron chi connectivity index (χ0n) is 12.3. The summed E-state index contributed by atoms with van der Waals surface area (Å²) in [4.78, 5) is 17.0. The predicted octanol–water partition coefficient (Wildman–Crippen LogP) is 3.54. The second-order valence-electron chi connectivity index (χ2n) is 4.75. The van der Waals surface area contributed by atoms with Gasteiger partial charge < -0.3 is 4.52 Å². The third kappa shape index (κ3) is 3.93. The lowest BCUT2D eigenvalue weighted by atomic mass is 10.3. The van der Waals surface area contributed by atoms with Crippen molar-refractivity contribution in [1.82, 2.24) is 24.9 Å². The minimum atomic E-state index is -0.185. The van der Waals surface area contributed by atoms with Crippen LogP contribution in [0, 0.1) is 0 Å². The lowest BCUT2D eigenvalue weighted by molar-refractivity contribution is 0.391. The molecule has 10 heteroatoms. The van der Waals surface area contributed by atoms with Crippen LogP contribution in [-0.2, 0) is 12.3 Å². The van der Waals surface area contributed by atoms with Crippen molar-refractivity contribution in [3.63, 3.8) is 0 Å². The van der Waals surface area contributed by atoms with Crippen LogP contribution in [0.5, 0.6) is 0 Å². The topological polar surface area (TPSA) is 89.6 Å². The van der Waals surface area contributed by atoms with E-state index in [0.29, 0.717) is 29.2 Å². The first-order chi connectivity index (χ1) is 11.2. The van der Waals surface area contributed by atoms with Crippen LogP contribution in [0.4, 0.5) is 0 Å². The van der Waals surface area contributed by atoms with E-state index in [9.17, 15) is 4.79 Å². The number of H-pyrrole nitrogens is 1. The molecule has 0 aliphatic rings. The number of aromatic amines is 1. The summed E-state index contributed by atoms with van der Waals surface area (Å²) >= 11 is 6.35. The first-order valence-electron chi connectivity index (χ1n) is 7.02. The Kier molecular flexibility index (Phi) is 5.34. The van der Waals surface area contributed by atoms with Gasteiger partial charge >= 0.3 is 5.69 Å². The number of hydrogen-bond acceptors (Lipinski definition) is 7. The molecule has 1 N–H and O–H groups in total. The molecule has 0 fully saturated rings. The standard InChI is InChI=1S/C13H14BrN5O2S2/c1-2-3-4-19-12(20)16-17-13(19)23-7-10-15-11(18-21-10)9-5-8(14)6-22-9/h5-6H,2-4,7H2,1H3,(H,16,20). The molecular formula is C13H14BrN5O2S2. The van der Waals surface area contributed by atoms with E-state index in [1.54, 1.807) is 15.9 Å². The SMILES string of the molecule is CCCCn1c(SCc2nc(-c3cc(Br)cs3)no2)n[nH]c1=O. The number of rotatable bonds is 7. The van der Waals surface area contributed by atoms with Gasteiger partial charge in [0.25, 0.3) is 0 Å². The lowest BCUT2D eigenvalue weighted by Gasteiger charge is -2.02. The van der Waals surface area contributed by atoms with Gasteiger partial charge in [-0.1, -0.05) is 30.3 Å². The average Bonchev–Trinajstić information content (AvgIpc) is 3.24. The van der Waals surface area contributed by atoms with Gasteiger partial charge in [-0.05, 0) is 28.4 Å². The number of hydrogen-bond donors (Lipinski definition) is 1. The maximum Gasteiger partial charge on any atom is 0.343 e. The van der Waals surface area contributed by atoms with Crippen LogP contribution >= 0.6 is 39.0 Å². The largest absolute Gasteiger partial charge is 0.343 e. The van der Waals surface area contributed by atoms with Crippen LogP contribution in [-0.4, -0.2) is 24.9 Å². The van der Waals surface area contributed by atoms with Crippen molar-refractivity contribution in [2.24, 2.45) is 0 Å². The smallest absolute Gasteiger partial charge is 0.338 e. The van der Waals surface area contributed by atoms with Gasteiger partial charge in [-0.3, -0.25) is 4.57 Å². The van der Waals surface area contributed by atoms with Crippen molar-refractivity contribution < 1.29 is 4.52 Å². The van der Waals surface area contributed by atoms with E-state index in [-0.39, 0.29) is 5.69 Å². The third-order valence-electron chi connectivity index (χ3n) is 3.04. The molecule has 0 spiro atoms. The van der Waals surface area contributed by atoms with Gasteiger partial charge in [0.1, 0.15) is 0 Å². The predicted molar refractivity (Wildman–Crippen MR) is 92.6 cm³/mol. The zero-order chi connectivity index (χ0) is 16.2. The van der Waals surface area contributed by atoms with Crippen molar-refractivity contribution in [3.8, 4) is 10.7 Å². The number of unbranched alkanes of at least 4 members (excludes halogenated alkanes) is 1. The van der Waals surface area contributed by atoms with Crippen LogP contribution in [0.2, 0.25) is 0 Å². The minimum Gasteiger partial charge on any atom is -0.338 e. The Labute approximate surface area is 148 Å². The van der Waals surface area contributed by atoms with Gasteiger partial charge in [0.05, 0.1) is 10.6 Å². The molecule has 0 amide bonds. The Morgan fingerprint density at radius 2 is 2.39 bits per heavy atom. The van der Waals surface area contributed by atoms with Crippen molar-refractivity contribution in [1.29, 1.82) is 0 Å². The van der Waals surface area contributed by atoms with Crippen molar-refractivity contribution in [3.05, 3.63) is 32.3 Å². The first kappa shape index (κ1) is 16.5. The molecule has 3 aromatic rings. The molecule has 0 unspecified atom stereocenters. The fraction of sp³-hybridized carbons (Fsp3) is 0.385. The van der Waals surface area contributed by atoms with Crippen molar-refractivity contribution in [2.75, 3.05) is 0 Å². The highest BCUT2D eigenvalue weighted by atomic mass is 79.9. The maximum absolute atomic E-state index is 11.7. The molecule has 0 aliphatic heterocycles.